The van der Waals surface area contributed by atoms with Gasteiger partial charge in [0, 0.05) is 32.8 Å². The lowest BCUT2D eigenvalue weighted by Gasteiger charge is -2.20. The van der Waals surface area contributed by atoms with E-state index in [9.17, 15) is 0 Å². The molecule has 0 heterocycles. The van der Waals surface area contributed by atoms with Crippen molar-refractivity contribution in [3.8, 4) is 0 Å². The second-order valence-electron chi connectivity index (χ2n) is 4.65. The minimum Gasteiger partial charge on any atom is -0.380 e. The van der Waals surface area contributed by atoms with Crippen LogP contribution in [0.2, 0.25) is 0 Å². The highest BCUT2D eigenvalue weighted by molar-refractivity contribution is 4.58. The van der Waals surface area contributed by atoms with Gasteiger partial charge in [0.25, 0.3) is 0 Å². The van der Waals surface area contributed by atoms with Crippen molar-refractivity contribution in [2.45, 2.75) is 40.2 Å². The molecule has 4 nitrogen and oxygen atoms in total. The van der Waals surface area contributed by atoms with Crippen molar-refractivity contribution < 1.29 is 9.47 Å². The molecule has 0 aliphatic rings. The number of hydrogen-bond donors (Lipinski definition) is 1. The molecule has 0 aromatic carbocycles. The maximum atomic E-state index is 5.49. The Morgan fingerprint density at radius 3 is 2.44 bits per heavy atom. The number of hydrogen-bond acceptors (Lipinski definition) is 4. The van der Waals surface area contributed by atoms with E-state index >= 15 is 0 Å². The zero-order chi connectivity index (χ0) is 13.6. The van der Waals surface area contributed by atoms with Gasteiger partial charge >= 0.3 is 0 Å². The third-order valence-electron chi connectivity index (χ3n) is 2.76. The Morgan fingerprint density at radius 1 is 1.06 bits per heavy atom. The summed E-state index contributed by atoms with van der Waals surface area (Å²) in [5, 5.41) is 3.45. The molecule has 0 aliphatic carbocycles. The van der Waals surface area contributed by atoms with Crippen molar-refractivity contribution in [2.75, 3.05) is 52.5 Å². The molecule has 0 saturated carbocycles. The molecular formula is C14H32N2O2. The smallest absolute Gasteiger partial charge is 0.0593 e. The molecule has 0 unspecified atom stereocenters. The predicted octanol–water partition coefficient (Wildman–Crippen LogP) is 1.75. The highest BCUT2D eigenvalue weighted by Gasteiger charge is 2.01. The SMILES string of the molecule is CCOCCN(CC)CCNCCCOC(C)C. The lowest BCUT2D eigenvalue weighted by atomic mass is 10.4. The van der Waals surface area contributed by atoms with Gasteiger partial charge in [-0.1, -0.05) is 6.92 Å². The second kappa shape index (κ2) is 13.3. The van der Waals surface area contributed by atoms with Gasteiger partial charge in [-0.2, -0.15) is 0 Å². The maximum absolute atomic E-state index is 5.49. The molecule has 0 aliphatic heterocycles. The number of nitrogens with zero attached hydrogens (tertiary/aromatic N) is 1. The van der Waals surface area contributed by atoms with Crippen molar-refractivity contribution in [1.82, 2.24) is 10.2 Å². The predicted molar refractivity (Wildman–Crippen MR) is 77.2 cm³/mol. The first kappa shape index (κ1) is 17.8. The highest BCUT2D eigenvalue weighted by atomic mass is 16.5. The highest BCUT2D eigenvalue weighted by Crippen LogP contribution is 1.90. The zero-order valence-electron chi connectivity index (χ0n) is 12.7. The van der Waals surface area contributed by atoms with E-state index in [1.165, 1.54) is 0 Å². The zero-order valence-corrected chi connectivity index (χ0v) is 12.7. The Labute approximate surface area is 113 Å². The van der Waals surface area contributed by atoms with E-state index in [0.29, 0.717) is 6.10 Å². The Bertz CT molecular complexity index is 166. The van der Waals surface area contributed by atoms with Crippen LogP contribution >= 0.6 is 0 Å². The van der Waals surface area contributed by atoms with Crippen LogP contribution in [0.15, 0.2) is 0 Å². The molecule has 0 bridgehead atoms. The van der Waals surface area contributed by atoms with Crippen molar-refractivity contribution in [3.63, 3.8) is 0 Å². The molecule has 0 atom stereocenters. The molecule has 1 N–H and O–H groups in total. The normalized spacial score (nSPS) is 11.7. The quantitative estimate of drug-likeness (QED) is 0.512. The van der Waals surface area contributed by atoms with Crippen LogP contribution in [-0.4, -0.2) is 63.5 Å². The van der Waals surface area contributed by atoms with Crippen LogP contribution in [0.1, 0.15) is 34.1 Å². The number of nitrogens with one attached hydrogen (secondary N) is 1. The maximum Gasteiger partial charge on any atom is 0.0593 e. The summed E-state index contributed by atoms with van der Waals surface area (Å²) in [6, 6.07) is 0. The van der Waals surface area contributed by atoms with E-state index in [0.717, 1.165) is 59.0 Å². The van der Waals surface area contributed by atoms with E-state index < -0.39 is 0 Å². The summed E-state index contributed by atoms with van der Waals surface area (Å²) >= 11 is 0. The van der Waals surface area contributed by atoms with Gasteiger partial charge in [0.05, 0.1) is 12.7 Å². The van der Waals surface area contributed by atoms with Crippen LogP contribution < -0.4 is 5.32 Å². The van der Waals surface area contributed by atoms with Gasteiger partial charge in [-0.3, -0.25) is 0 Å². The van der Waals surface area contributed by atoms with Crippen LogP contribution in [0, 0.1) is 0 Å². The summed E-state index contributed by atoms with van der Waals surface area (Å²) in [4.78, 5) is 2.41. The van der Waals surface area contributed by atoms with Crippen LogP contribution in [0.5, 0.6) is 0 Å². The van der Waals surface area contributed by atoms with Crippen LogP contribution in [0.4, 0.5) is 0 Å². The molecular weight excluding hydrogens is 228 g/mol. The standard InChI is InChI=1S/C14H32N2O2/c1-5-16(11-13-17-6-2)10-9-15-8-7-12-18-14(3)4/h14-15H,5-13H2,1-4H3. The van der Waals surface area contributed by atoms with Gasteiger partial charge in [-0.05, 0) is 40.3 Å². The minimum atomic E-state index is 0.346. The minimum absolute atomic E-state index is 0.346. The van der Waals surface area contributed by atoms with E-state index in [4.69, 9.17) is 9.47 Å². The molecule has 0 fully saturated rings. The van der Waals surface area contributed by atoms with E-state index in [-0.39, 0.29) is 0 Å². The summed E-state index contributed by atoms with van der Waals surface area (Å²) in [6.45, 7) is 16.2. The lowest BCUT2D eigenvalue weighted by molar-refractivity contribution is 0.0769. The topological polar surface area (TPSA) is 33.7 Å². The fourth-order valence-corrected chi connectivity index (χ4v) is 1.64. The van der Waals surface area contributed by atoms with Gasteiger partial charge in [-0.25, -0.2) is 0 Å². The molecule has 0 aromatic heterocycles. The molecule has 4 heteroatoms. The molecule has 18 heavy (non-hydrogen) atoms. The van der Waals surface area contributed by atoms with Crippen molar-refractivity contribution in [3.05, 3.63) is 0 Å². The van der Waals surface area contributed by atoms with Crippen LogP contribution in [0.25, 0.3) is 0 Å². The first-order chi connectivity index (χ1) is 8.70. The molecule has 0 spiro atoms. The van der Waals surface area contributed by atoms with Crippen LogP contribution in [-0.2, 0) is 9.47 Å². The van der Waals surface area contributed by atoms with Gasteiger partial charge in [-0.15, -0.1) is 0 Å². The fourth-order valence-electron chi connectivity index (χ4n) is 1.64. The fraction of sp³-hybridized carbons (Fsp3) is 1.00. The van der Waals surface area contributed by atoms with Gasteiger partial charge in [0.2, 0.25) is 0 Å². The number of ether oxygens (including phenoxy) is 2. The molecule has 0 saturated heterocycles. The first-order valence-corrected chi connectivity index (χ1v) is 7.33. The third-order valence-corrected chi connectivity index (χ3v) is 2.76. The van der Waals surface area contributed by atoms with Gasteiger partial charge < -0.3 is 19.7 Å². The summed E-state index contributed by atoms with van der Waals surface area (Å²) in [5.74, 6) is 0. The van der Waals surface area contributed by atoms with Crippen molar-refractivity contribution in [2.24, 2.45) is 0 Å². The third kappa shape index (κ3) is 12.3. The first-order valence-electron chi connectivity index (χ1n) is 7.33. The van der Waals surface area contributed by atoms with E-state index in [1.54, 1.807) is 0 Å². The Hall–Kier alpha value is -0.160. The summed E-state index contributed by atoms with van der Waals surface area (Å²) in [6.07, 6.45) is 1.43. The van der Waals surface area contributed by atoms with Gasteiger partial charge in [0.15, 0.2) is 0 Å². The molecule has 110 valence electrons. The number of likely N-dealkylation sites (N-methyl/N-ethyl adjacent to an activating group) is 1. The molecule has 0 radical (unpaired) electrons. The Morgan fingerprint density at radius 2 is 1.83 bits per heavy atom. The second-order valence-corrected chi connectivity index (χ2v) is 4.65. The average Bonchev–Trinajstić information content (AvgIpc) is 2.35. The summed E-state index contributed by atoms with van der Waals surface area (Å²) in [7, 11) is 0. The van der Waals surface area contributed by atoms with E-state index in [2.05, 4.69) is 31.0 Å². The molecule has 0 rings (SSSR count). The van der Waals surface area contributed by atoms with Gasteiger partial charge in [0.1, 0.15) is 0 Å². The summed E-state index contributed by atoms with van der Waals surface area (Å²) in [5.41, 5.74) is 0. The lowest BCUT2D eigenvalue weighted by Crippen LogP contribution is -2.34. The Balaban J connectivity index is 3.28. The average molecular weight is 260 g/mol. The molecule has 0 amide bonds. The largest absolute Gasteiger partial charge is 0.380 e. The van der Waals surface area contributed by atoms with Crippen LogP contribution in [0.3, 0.4) is 0 Å². The number of rotatable bonds is 13. The van der Waals surface area contributed by atoms with E-state index in [1.807, 2.05) is 6.92 Å². The Kier molecular flexibility index (Phi) is 13.2. The molecule has 0 aromatic rings. The summed E-state index contributed by atoms with van der Waals surface area (Å²) < 4.78 is 10.9. The monoisotopic (exact) mass is 260 g/mol. The van der Waals surface area contributed by atoms with Crippen molar-refractivity contribution in [1.29, 1.82) is 0 Å². The van der Waals surface area contributed by atoms with Crippen molar-refractivity contribution >= 4 is 0 Å².